The molecule has 1 amide bonds. The minimum absolute atomic E-state index is 0.0117. The van der Waals surface area contributed by atoms with E-state index in [1.54, 1.807) is 36.4 Å². The fourth-order valence-corrected chi connectivity index (χ4v) is 4.00. The zero-order valence-electron chi connectivity index (χ0n) is 15.5. The SMILES string of the molecule is O=C(CSc1nc2ccccc2c(=O)n1-c1ccc(Br)cc1)Nc1cccc(F)c1. The molecule has 3 aromatic carbocycles. The lowest BCUT2D eigenvalue weighted by molar-refractivity contribution is -0.113. The van der Waals surface area contributed by atoms with Gasteiger partial charge in [0.1, 0.15) is 5.82 Å². The van der Waals surface area contributed by atoms with Crippen LogP contribution in [0.15, 0.2) is 87.2 Å². The van der Waals surface area contributed by atoms with Crippen molar-refractivity contribution in [1.29, 1.82) is 0 Å². The van der Waals surface area contributed by atoms with Crippen LogP contribution < -0.4 is 10.9 Å². The van der Waals surface area contributed by atoms with Gasteiger partial charge in [-0.25, -0.2) is 9.37 Å². The molecule has 0 radical (unpaired) electrons. The molecular formula is C22H15BrFN3O2S. The highest BCUT2D eigenvalue weighted by Crippen LogP contribution is 2.23. The fourth-order valence-electron chi connectivity index (χ4n) is 2.92. The zero-order chi connectivity index (χ0) is 21.1. The largest absolute Gasteiger partial charge is 0.325 e. The van der Waals surface area contributed by atoms with Gasteiger partial charge >= 0.3 is 0 Å². The minimum Gasteiger partial charge on any atom is -0.325 e. The average Bonchev–Trinajstić information content (AvgIpc) is 2.73. The second-order valence-electron chi connectivity index (χ2n) is 6.38. The molecule has 4 rings (SSSR count). The van der Waals surface area contributed by atoms with Gasteiger partial charge in [-0.3, -0.25) is 14.2 Å². The predicted molar refractivity (Wildman–Crippen MR) is 121 cm³/mol. The number of thioether (sulfide) groups is 1. The molecule has 0 atom stereocenters. The Bertz CT molecular complexity index is 1290. The van der Waals surface area contributed by atoms with Crippen LogP contribution in [0.1, 0.15) is 0 Å². The second kappa shape index (κ2) is 8.81. The van der Waals surface area contributed by atoms with Crippen LogP contribution in [0.5, 0.6) is 0 Å². The monoisotopic (exact) mass is 483 g/mol. The fraction of sp³-hybridized carbons (Fsp3) is 0.0455. The number of hydrogen-bond acceptors (Lipinski definition) is 4. The standard InChI is InChI=1S/C22H15BrFN3O2S/c23-14-8-10-17(11-9-14)27-21(29)18-6-1-2-7-19(18)26-22(27)30-13-20(28)25-16-5-3-4-15(24)12-16/h1-12H,13H2,(H,25,28). The summed E-state index contributed by atoms with van der Waals surface area (Å²) in [6.45, 7) is 0. The maximum atomic E-state index is 13.3. The molecule has 150 valence electrons. The van der Waals surface area contributed by atoms with E-state index >= 15 is 0 Å². The lowest BCUT2D eigenvalue weighted by Crippen LogP contribution is -2.23. The van der Waals surface area contributed by atoms with Gasteiger partial charge in [0, 0.05) is 10.2 Å². The van der Waals surface area contributed by atoms with Gasteiger partial charge in [0.25, 0.3) is 5.56 Å². The van der Waals surface area contributed by atoms with Crippen LogP contribution in [0.4, 0.5) is 10.1 Å². The Balaban J connectivity index is 1.67. The van der Waals surface area contributed by atoms with Crippen molar-refractivity contribution in [3.05, 3.63) is 93.4 Å². The van der Waals surface area contributed by atoms with Crippen LogP contribution in [-0.4, -0.2) is 21.2 Å². The van der Waals surface area contributed by atoms with Crippen LogP contribution in [0.25, 0.3) is 16.6 Å². The van der Waals surface area contributed by atoms with Gasteiger partial charge in [0.2, 0.25) is 5.91 Å². The molecule has 30 heavy (non-hydrogen) atoms. The number of halogens is 2. The van der Waals surface area contributed by atoms with Crippen molar-refractivity contribution in [2.24, 2.45) is 0 Å². The predicted octanol–water partition coefficient (Wildman–Crippen LogP) is 5.02. The first-order chi connectivity index (χ1) is 14.5. The molecule has 0 fully saturated rings. The van der Waals surface area contributed by atoms with Crippen LogP contribution in [0.3, 0.4) is 0 Å². The van der Waals surface area contributed by atoms with Gasteiger partial charge in [0.05, 0.1) is 22.3 Å². The number of fused-ring (bicyclic) bond motifs is 1. The summed E-state index contributed by atoms with van der Waals surface area (Å²) >= 11 is 4.53. The van der Waals surface area contributed by atoms with Gasteiger partial charge in [-0.15, -0.1) is 0 Å². The first-order valence-corrected chi connectivity index (χ1v) is 10.7. The molecule has 0 aliphatic heterocycles. The first kappa shape index (κ1) is 20.3. The van der Waals surface area contributed by atoms with Crippen LogP contribution >= 0.6 is 27.7 Å². The number of carbonyl (C=O) groups excluding carboxylic acids is 1. The van der Waals surface area contributed by atoms with Crippen molar-refractivity contribution < 1.29 is 9.18 Å². The number of rotatable bonds is 5. The van der Waals surface area contributed by atoms with E-state index < -0.39 is 5.82 Å². The number of anilines is 1. The van der Waals surface area contributed by atoms with Crippen molar-refractivity contribution in [2.45, 2.75) is 5.16 Å². The van der Waals surface area contributed by atoms with E-state index in [2.05, 4.69) is 26.2 Å². The van der Waals surface area contributed by atoms with Crippen molar-refractivity contribution >= 4 is 50.2 Å². The highest BCUT2D eigenvalue weighted by atomic mass is 79.9. The molecule has 0 unspecified atom stereocenters. The number of para-hydroxylation sites is 1. The zero-order valence-corrected chi connectivity index (χ0v) is 17.9. The maximum absolute atomic E-state index is 13.3. The topological polar surface area (TPSA) is 64.0 Å². The Morgan fingerprint density at radius 3 is 2.60 bits per heavy atom. The number of aromatic nitrogens is 2. The van der Waals surface area contributed by atoms with Crippen LogP contribution in [-0.2, 0) is 4.79 Å². The third-order valence-corrected chi connectivity index (χ3v) is 5.74. The number of nitrogens with zero attached hydrogens (tertiary/aromatic N) is 2. The Hall–Kier alpha value is -2.97. The van der Waals surface area contributed by atoms with Crippen molar-refractivity contribution in [1.82, 2.24) is 9.55 Å². The highest BCUT2D eigenvalue weighted by molar-refractivity contribution is 9.10. The van der Waals surface area contributed by atoms with E-state index in [1.807, 2.05) is 18.2 Å². The number of nitrogens with one attached hydrogen (secondary N) is 1. The summed E-state index contributed by atoms with van der Waals surface area (Å²) in [5.74, 6) is -0.742. The summed E-state index contributed by atoms with van der Waals surface area (Å²) in [4.78, 5) is 30.1. The quantitative estimate of drug-likeness (QED) is 0.319. The molecule has 1 aromatic heterocycles. The lowest BCUT2D eigenvalue weighted by atomic mass is 10.2. The summed E-state index contributed by atoms with van der Waals surface area (Å²) < 4.78 is 15.7. The maximum Gasteiger partial charge on any atom is 0.266 e. The van der Waals surface area contributed by atoms with E-state index in [4.69, 9.17) is 0 Å². The average molecular weight is 484 g/mol. The van der Waals surface area contributed by atoms with Crippen molar-refractivity contribution in [2.75, 3.05) is 11.1 Å². The smallest absolute Gasteiger partial charge is 0.266 e. The molecule has 8 heteroatoms. The summed E-state index contributed by atoms with van der Waals surface area (Å²) in [6, 6.07) is 20.0. The molecule has 0 saturated carbocycles. The van der Waals surface area contributed by atoms with Gasteiger partial charge in [-0.2, -0.15) is 0 Å². The van der Waals surface area contributed by atoms with Gasteiger partial charge in [0.15, 0.2) is 5.16 Å². The minimum atomic E-state index is -0.430. The van der Waals surface area contributed by atoms with Crippen molar-refractivity contribution in [3.8, 4) is 5.69 Å². The third-order valence-electron chi connectivity index (χ3n) is 4.27. The van der Waals surface area contributed by atoms with Crippen LogP contribution in [0, 0.1) is 5.82 Å². The summed E-state index contributed by atoms with van der Waals surface area (Å²) in [6.07, 6.45) is 0. The normalized spacial score (nSPS) is 10.9. The molecule has 0 saturated heterocycles. The number of hydrogen-bond donors (Lipinski definition) is 1. The molecule has 1 N–H and O–H groups in total. The Labute approximate surface area is 184 Å². The summed E-state index contributed by atoms with van der Waals surface area (Å²) in [5.41, 5.74) is 1.37. The van der Waals surface area contributed by atoms with E-state index in [9.17, 15) is 14.0 Å². The highest BCUT2D eigenvalue weighted by Gasteiger charge is 2.15. The van der Waals surface area contributed by atoms with Gasteiger partial charge in [-0.1, -0.05) is 45.9 Å². The molecule has 1 heterocycles. The molecule has 0 spiro atoms. The van der Waals surface area contributed by atoms with E-state index in [0.29, 0.717) is 27.4 Å². The Morgan fingerprint density at radius 2 is 1.83 bits per heavy atom. The molecule has 0 bridgehead atoms. The number of benzene rings is 3. The summed E-state index contributed by atoms with van der Waals surface area (Å²) in [5, 5.41) is 3.54. The van der Waals surface area contributed by atoms with Gasteiger partial charge < -0.3 is 5.32 Å². The Morgan fingerprint density at radius 1 is 1.07 bits per heavy atom. The second-order valence-corrected chi connectivity index (χ2v) is 8.23. The van der Waals surface area contributed by atoms with Crippen molar-refractivity contribution in [3.63, 3.8) is 0 Å². The molecule has 5 nitrogen and oxygen atoms in total. The summed E-state index contributed by atoms with van der Waals surface area (Å²) in [7, 11) is 0. The molecule has 0 aliphatic rings. The molecular weight excluding hydrogens is 469 g/mol. The first-order valence-electron chi connectivity index (χ1n) is 8.97. The Kier molecular flexibility index (Phi) is 5.96. The van der Waals surface area contributed by atoms with E-state index in [0.717, 1.165) is 16.2 Å². The third kappa shape index (κ3) is 4.44. The van der Waals surface area contributed by atoms with E-state index in [-0.39, 0.29) is 17.2 Å². The molecule has 4 aromatic rings. The molecule has 0 aliphatic carbocycles. The van der Waals surface area contributed by atoms with Crippen LogP contribution in [0.2, 0.25) is 0 Å². The lowest BCUT2D eigenvalue weighted by Gasteiger charge is -2.13. The van der Waals surface area contributed by atoms with Gasteiger partial charge in [-0.05, 0) is 54.6 Å². The number of carbonyl (C=O) groups is 1. The van der Waals surface area contributed by atoms with E-state index in [1.165, 1.54) is 22.8 Å². The number of amides is 1.